The highest BCUT2D eigenvalue weighted by molar-refractivity contribution is 7.14. The second-order valence-corrected chi connectivity index (χ2v) is 7.70. The van der Waals surface area contributed by atoms with Gasteiger partial charge in [0.05, 0.1) is 23.2 Å². The van der Waals surface area contributed by atoms with Crippen molar-refractivity contribution in [1.29, 1.82) is 0 Å². The summed E-state index contributed by atoms with van der Waals surface area (Å²) in [5.41, 5.74) is 6.43. The minimum Gasteiger partial charge on any atom is -0.369 e. The van der Waals surface area contributed by atoms with E-state index in [2.05, 4.69) is 15.5 Å². The molecule has 0 saturated heterocycles. The zero-order valence-electron chi connectivity index (χ0n) is 14.1. The average molecular weight is 403 g/mol. The Morgan fingerprint density at radius 1 is 1.30 bits per heavy atom. The minimum atomic E-state index is -0.705. The molecule has 3 aromatic rings. The molecule has 7 nitrogen and oxygen atoms in total. The lowest BCUT2D eigenvalue weighted by Crippen LogP contribution is -2.28. The summed E-state index contributed by atoms with van der Waals surface area (Å²) in [6.45, 7) is 0. The Bertz CT molecular complexity index is 1010. The van der Waals surface area contributed by atoms with Gasteiger partial charge in [-0.05, 0) is 37.1 Å². The van der Waals surface area contributed by atoms with Crippen molar-refractivity contribution < 1.29 is 14.1 Å². The predicted molar refractivity (Wildman–Crippen MR) is 102 cm³/mol. The van der Waals surface area contributed by atoms with E-state index in [0.29, 0.717) is 40.1 Å². The number of primary amides is 1. The second kappa shape index (κ2) is 6.79. The normalized spacial score (nSPS) is 14.7. The van der Waals surface area contributed by atoms with E-state index in [0.717, 1.165) is 5.56 Å². The van der Waals surface area contributed by atoms with Crippen LogP contribution in [0, 0.1) is 0 Å². The Morgan fingerprint density at radius 2 is 2.04 bits per heavy atom. The molecule has 1 saturated carbocycles. The number of amides is 2. The summed E-state index contributed by atoms with van der Waals surface area (Å²) in [6.07, 6.45) is 1.42. The number of nitrogens with zero attached hydrogens (tertiary/aromatic N) is 2. The van der Waals surface area contributed by atoms with Gasteiger partial charge in [0.2, 0.25) is 11.8 Å². The van der Waals surface area contributed by atoms with Crippen LogP contribution in [-0.4, -0.2) is 22.0 Å². The van der Waals surface area contributed by atoms with Gasteiger partial charge in [0.1, 0.15) is 0 Å². The number of thiazole rings is 1. The molecule has 1 fully saturated rings. The first-order chi connectivity index (χ1) is 13.0. The maximum Gasteiger partial charge on any atom is 0.238 e. The SMILES string of the molecule is NC(=O)Cc1csc(NC(=O)C2(c3cc(-c4ccc(Cl)cc4)on3)CC2)n1. The molecular weight excluding hydrogens is 388 g/mol. The number of carbonyl (C=O) groups is 2. The van der Waals surface area contributed by atoms with Gasteiger partial charge in [-0.15, -0.1) is 11.3 Å². The van der Waals surface area contributed by atoms with E-state index in [9.17, 15) is 9.59 Å². The number of anilines is 1. The lowest BCUT2D eigenvalue weighted by atomic mass is 10.0. The third-order valence-corrected chi connectivity index (χ3v) is 5.50. The molecule has 0 radical (unpaired) electrons. The van der Waals surface area contributed by atoms with Gasteiger partial charge in [-0.3, -0.25) is 9.59 Å². The molecule has 2 heterocycles. The lowest BCUT2D eigenvalue weighted by molar-refractivity contribution is -0.119. The van der Waals surface area contributed by atoms with Crippen molar-refractivity contribution in [3.63, 3.8) is 0 Å². The Morgan fingerprint density at radius 3 is 2.70 bits per heavy atom. The van der Waals surface area contributed by atoms with Crippen LogP contribution in [0.2, 0.25) is 5.02 Å². The fraction of sp³-hybridized carbons (Fsp3) is 0.222. The Hall–Kier alpha value is -2.71. The summed E-state index contributed by atoms with van der Waals surface area (Å²) in [6, 6.07) is 9.00. The summed E-state index contributed by atoms with van der Waals surface area (Å²) in [4.78, 5) is 28.0. The van der Waals surface area contributed by atoms with Crippen LogP contribution >= 0.6 is 22.9 Å². The van der Waals surface area contributed by atoms with Crippen molar-refractivity contribution in [2.75, 3.05) is 5.32 Å². The smallest absolute Gasteiger partial charge is 0.238 e. The maximum absolute atomic E-state index is 12.8. The topological polar surface area (TPSA) is 111 Å². The monoisotopic (exact) mass is 402 g/mol. The highest BCUT2D eigenvalue weighted by Crippen LogP contribution is 2.49. The summed E-state index contributed by atoms with van der Waals surface area (Å²) in [5.74, 6) is -0.0636. The number of aromatic nitrogens is 2. The van der Waals surface area contributed by atoms with Crippen LogP contribution in [0.3, 0.4) is 0 Å². The van der Waals surface area contributed by atoms with E-state index in [1.165, 1.54) is 11.3 Å². The molecular formula is C18H15ClN4O3S. The molecule has 1 aliphatic rings. The average Bonchev–Trinajstić information content (AvgIpc) is 3.08. The van der Waals surface area contributed by atoms with E-state index < -0.39 is 11.3 Å². The van der Waals surface area contributed by atoms with Crippen LogP contribution in [-0.2, 0) is 21.4 Å². The molecule has 1 aromatic carbocycles. The van der Waals surface area contributed by atoms with Crippen LogP contribution < -0.4 is 11.1 Å². The van der Waals surface area contributed by atoms with Crippen molar-refractivity contribution >= 4 is 39.9 Å². The molecule has 2 aromatic heterocycles. The number of carbonyl (C=O) groups excluding carboxylic acids is 2. The van der Waals surface area contributed by atoms with Crippen molar-refractivity contribution in [3.05, 3.63) is 52.1 Å². The van der Waals surface area contributed by atoms with Crippen LogP contribution in [0.1, 0.15) is 24.2 Å². The number of hydrogen-bond donors (Lipinski definition) is 2. The van der Waals surface area contributed by atoms with Gasteiger partial charge in [-0.25, -0.2) is 4.98 Å². The Labute approximate surface area is 163 Å². The molecule has 0 bridgehead atoms. The predicted octanol–water partition coefficient (Wildman–Crippen LogP) is 3.15. The Balaban J connectivity index is 1.50. The molecule has 3 N–H and O–H groups in total. The van der Waals surface area contributed by atoms with Gasteiger partial charge < -0.3 is 15.6 Å². The fourth-order valence-electron chi connectivity index (χ4n) is 2.82. The number of benzene rings is 1. The van der Waals surface area contributed by atoms with Crippen LogP contribution in [0.15, 0.2) is 40.2 Å². The number of nitrogens with one attached hydrogen (secondary N) is 1. The number of nitrogens with two attached hydrogens (primary N) is 1. The van der Waals surface area contributed by atoms with Crippen LogP contribution in [0.25, 0.3) is 11.3 Å². The lowest BCUT2D eigenvalue weighted by Gasteiger charge is -2.10. The molecule has 9 heteroatoms. The summed E-state index contributed by atoms with van der Waals surface area (Å²) >= 11 is 7.16. The van der Waals surface area contributed by atoms with Gasteiger partial charge in [0.15, 0.2) is 10.9 Å². The molecule has 4 rings (SSSR count). The maximum atomic E-state index is 12.8. The second-order valence-electron chi connectivity index (χ2n) is 6.41. The van der Waals surface area contributed by atoms with Gasteiger partial charge in [0, 0.05) is 22.0 Å². The van der Waals surface area contributed by atoms with E-state index in [4.69, 9.17) is 21.9 Å². The largest absolute Gasteiger partial charge is 0.369 e. The minimum absolute atomic E-state index is 0.0469. The first kappa shape index (κ1) is 17.7. The molecule has 27 heavy (non-hydrogen) atoms. The summed E-state index contributed by atoms with van der Waals surface area (Å²) in [5, 5.41) is 9.69. The van der Waals surface area contributed by atoms with Gasteiger partial charge >= 0.3 is 0 Å². The molecule has 2 amide bonds. The molecule has 0 spiro atoms. The van der Waals surface area contributed by atoms with Crippen molar-refractivity contribution in [2.45, 2.75) is 24.7 Å². The zero-order valence-corrected chi connectivity index (χ0v) is 15.6. The van der Waals surface area contributed by atoms with Crippen molar-refractivity contribution in [2.24, 2.45) is 5.73 Å². The van der Waals surface area contributed by atoms with Gasteiger partial charge in [0.25, 0.3) is 0 Å². The Kier molecular flexibility index (Phi) is 4.45. The summed E-state index contributed by atoms with van der Waals surface area (Å²) < 4.78 is 5.43. The number of halogens is 1. The third kappa shape index (κ3) is 3.58. The standard InChI is InChI=1S/C18H15ClN4O3S/c19-11-3-1-10(2-4-11)13-8-14(23-26-13)18(5-6-18)16(25)22-17-21-12(9-27-17)7-15(20)24/h1-4,8-9H,5-7H2,(H2,20,24)(H,21,22,25). The highest BCUT2D eigenvalue weighted by Gasteiger charge is 2.54. The quantitative estimate of drug-likeness (QED) is 0.657. The zero-order chi connectivity index (χ0) is 19.0. The van der Waals surface area contributed by atoms with Crippen molar-refractivity contribution in [1.82, 2.24) is 10.1 Å². The molecule has 1 aliphatic carbocycles. The number of hydrogen-bond acceptors (Lipinski definition) is 6. The van der Waals surface area contributed by atoms with Crippen molar-refractivity contribution in [3.8, 4) is 11.3 Å². The fourth-order valence-corrected chi connectivity index (χ4v) is 3.65. The highest BCUT2D eigenvalue weighted by atomic mass is 35.5. The van der Waals surface area contributed by atoms with E-state index >= 15 is 0 Å². The number of rotatable bonds is 6. The first-order valence-corrected chi connectivity index (χ1v) is 9.49. The third-order valence-electron chi connectivity index (χ3n) is 4.44. The van der Waals surface area contributed by atoms with Gasteiger partial charge in [-0.2, -0.15) is 0 Å². The van der Waals surface area contributed by atoms with Gasteiger partial charge in [-0.1, -0.05) is 16.8 Å². The molecule has 0 unspecified atom stereocenters. The van der Waals surface area contributed by atoms with E-state index in [1.54, 1.807) is 23.6 Å². The molecule has 0 atom stereocenters. The summed E-state index contributed by atoms with van der Waals surface area (Å²) in [7, 11) is 0. The van der Waals surface area contributed by atoms with Crippen LogP contribution in [0.5, 0.6) is 0 Å². The first-order valence-electron chi connectivity index (χ1n) is 8.23. The molecule has 0 aliphatic heterocycles. The van der Waals surface area contributed by atoms with E-state index in [1.807, 2.05) is 12.1 Å². The van der Waals surface area contributed by atoms with E-state index in [-0.39, 0.29) is 12.3 Å². The molecule has 138 valence electrons. The van der Waals surface area contributed by atoms with Crippen LogP contribution in [0.4, 0.5) is 5.13 Å².